The van der Waals surface area contributed by atoms with Crippen LogP contribution in [0.1, 0.15) is 0 Å². The van der Waals surface area contributed by atoms with E-state index in [-0.39, 0.29) is 0 Å². The number of hydrogen-bond acceptors (Lipinski definition) is 0. The minimum absolute atomic E-state index is 0.977. The van der Waals surface area contributed by atoms with Crippen LogP contribution in [0.4, 0.5) is 0 Å². The van der Waals surface area contributed by atoms with E-state index in [4.69, 9.17) is 0 Å². The van der Waals surface area contributed by atoms with Crippen molar-refractivity contribution in [2.24, 2.45) is 0 Å². The summed E-state index contributed by atoms with van der Waals surface area (Å²) in [7, 11) is 4.43. The van der Waals surface area contributed by atoms with Gasteiger partial charge >= 0.3 is 0 Å². The third-order valence-electron chi connectivity index (χ3n) is 0.353. The molecular formula is C3H10OP+. The molecule has 1 unspecified atom stereocenters. The van der Waals surface area contributed by atoms with Gasteiger partial charge in [-0.3, -0.25) is 0 Å². The molecule has 0 aromatic heterocycles. The Bertz CT molecular complexity index is 14.4. The normalized spacial score (nSPS) is 8.40. The third-order valence-corrected chi connectivity index (χ3v) is 0.611. The van der Waals surface area contributed by atoms with Gasteiger partial charge < -0.3 is 4.74 Å². The fraction of sp³-hybridized carbons (Fsp3) is 1.00. The standard InChI is InChI=1S/C3H9OP/c1-4-2-3-5/h2-3,5H2,1H3/p+1. The molecule has 1 nitrogen and oxygen atoms in total. The fourth-order valence-corrected chi connectivity index (χ4v) is 0.387. The first-order valence-corrected chi connectivity index (χ1v) is 2.49. The second-order valence-electron chi connectivity index (χ2n) is 0.829. The Morgan fingerprint density at radius 2 is 2.40 bits per heavy atom. The zero-order chi connectivity index (χ0) is 4.12. The first-order chi connectivity index (χ1) is 2.41. The molecule has 0 rings (SSSR count). The van der Waals surface area contributed by atoms with Crippen LogP contribution in [0.15, 0.2) is 0 Å². The van der Waals surface area contributed by atoms with Crippen molar-refractivity contribution in [1.82, 2.24) is 0 Å². The average molecular weight is 93.1 g/mol. The van der Waals surface area contributed by atoms with Gasteiger partial charge in [-0.05, 0) is 0 Å². The summed E-state index contributed by atoms with van der Waals surface area (Å²) in [6.45, 7) is 0.977. The first-order valence-electron chi connectivity index (χ1n) is 1.67. The van der Waals surface area contributed by atoms with Crippen molar-refractivity contribution in [2.75, 3.05) is 19.9 Å². The number of aliphatic hydroxyl groups is 2. The van der Waals surface area contributed by atoms with Gasteiger partial charge in [0.1, 0.15) is 13.7 Å². The number of hydrogen-bond donors (Lipinski definition) is 0. The highest BCUT2D eigenvalue weighted by atomic mass is 31.0. The topological polar surface area (TPSA) is 12.8 Å². The van der Waals surface area contributed by atoms with Crippen molar-refractivity contribution >= 4 is 9.24 Å². The summed E-state index contributed by atoms with van der Waals surface area (Å²) < 4.78 is 3.83. The van der Waals surface area contributed by atoms with Gasteiger partial charge in [0.05, 0.1) is 0 Å². The second-order valence-corrected chi connectivity index (χ2v) is 1.41. The molecule has 0 aromatic rings. The van der Waals surface area contributed by atoms with Crippen LogP contribution in [0.25, 0.3) is 0 Å². The Morgan fingerprint density at radius 1 is 1.80 bits per heavy atom. The molecule has 0 heterocycles. The highest BCUT2D eigenvalue weighted by Gasteiger charge is 1.70. The molecule has 2 heteroatoms. The van der Waals surface area contributed by atoms with Crippen LogP contribution in [0, 0.1) is 0 Å². The molecule has 0 aliphatic heterocycles. The summed E-state index contributed by atoms with van der Waals surface area (Å²) in [5, 5.41) is 0. The van der Waals surface area contributed by atoms with Crippen LogP contribution < -0.4 is 0 Å². The lowest BCUT2D eigenvalue weighted by molar-refractivity contribution is 0.0291. The van der Waals surface area contributed by atoms with Crippen molar-refractivity contribution in [2.45, 2.75) is 0 Å². The van der Waals surface area contributed by atoms with E-state index < -0.39 is 0 Å². The highest BCUT2D eigenvalue weighted by molar-refractivity contribution is 7.16. The molecule has 0 saturated heterocycles. The molecule has 32 valence electrons. The van der Waals surface area contributed by atoms with Crippen LogP contribution in [-0.2, 0) is 0 Å². The minimum Gasteiger partial charge on any atom is -0.436 e. The maximum absolute atomic E-state index is 3.83. The Balaban J connectivity index is 2.19. The van der Waals surface area contributed by atoms with Gasteiger partial charge in [0.15, 0.2) is 0 Å². The molecule has 0 aliphatic rings. The lowest BCUT2D eigenvalue weighted by atomic mass is 10.9. The highest BCUT2D eigenvalue weighted by Crippen LogP contribution is 1.73. The Labute approximate surface area is 34.9 Å². The van der Waals surface area contributed by atoms with Crippen molar-refractivity contribution in [3.63, 3.8) is 0 Å². The molecule has 0 saturated carbocycles. The molecule has 0 bridgehead atoms. The maximum Gasteiger partial charge on any atom is 0.148 e. The maximum atomic E-state index is 3.83. The molecule has 0 radical (unpaired) electrons. The molecule has 1 N–H and O–H groups in total. The van der Waals surface area contributed by atoms with Crippen LogP contribution >= 0.6 is 9.24 Å². The lowest BCUT2D eigenvalue weighted by Gasteiger charge is -1.81. The smallest absolute Gasteiger partial charge is 0.148 e. The Kier molecular flexibility index (Phi) is 4.73. The number of ether oxygens (including phenoxy) is 1. The Hall–Kier alpha value is 0.390. The van der Waals surface area contributed by atoms with Crippen LogP contribution in [0.2, 0.25) is 0 Å². The largest absolute Gasteiger partial charge is 0.436 e. The quantitative estimate of drug-likeness (QED) is 0.337. The van der Waals surface area contributed by atoms with E-state index in [0.29, 0.717) is 0 Å². The molecule has 0 aliphatic carbocycles. The van der Waals surface area contributed by atoms with E-state index in [1.165, 1.54) is 0 Å². The molecule has 0 aromatic carbocycles. The summed E-state index contributed by atoms with van der Waals surface area (Å²) in [4.78, 5) is 0. The van der Waals surface area contributed by atoms with Gasteiger partial charge in [-0.25, -0.2) is 0 Å². The average Bonchev–Trinajstić information content (AvgIpc) is 1.41. The van der Waals surface area contributed by atoms with Crippen LogP contribution in [0.5, 0.6) is 0 Å². The monoisotopic (exact) mass is 93.0 g/mol. The van der Waals surface area contributed by atoms with E-state index in [2.05, 4.69) is 14.0 Å². The summed E-state index contributed by atoms with van der Waals surface area (Å²) >= 11 is 0. The first kappa shape index (κ1) is 5.39. The van der Waals surface area contributed by atoms with Gasteiger partial charge in [-0.2, -0.15) is 0 Å². The second kappa shape index (κ2) is 4.39. The van der Waals surface area contributed by atoms with Gasteiger partial charge in [0.25, 0.3) is 0 Å². The zero-order valence-corrected chi connectivity index (χ0v) is 4.59. The van der Waals surface area contributed by atoms with Gasteiger partial charge in [0, 0.05) is 6.16 Å². The summed E-state index contributed by atoms with van der Waals surface area (Å²) in [5.74, 6) is 0. The van der Waals surface area contributed by atoms with Crippen molar-refractivity contribution < 1.29 is 4.74 Å². The van der Waals surface area contributed by atoms with E-state index in [9.17, 15) is 0 Å². The SMILES string of the molecule is C[OH+]CCP. The van der Waals surface area contributed by atoms with Gasteiger partial charge in [0.2, 0.25) is 0 Å². The molecule has 0 spiro atoms. The fourth-order valence-electron chi connectivity index (χ4n) is 0.129. The van der Waals surface area contributed by atoms with Gasteiger partial charge in [-0.1, -0.05) is 0 Å². The molecule has 1 atom stereocenters. The van der Waals surface area contributed by atoms with Crippen LogP contribution in [0.3, 0.4) is 0 Å². The van der Waals surface area contributed by atoms with Crippen molar-refractivity contribution in [3.05, 3.63) is 0 Å². The van der Waals surface area contributed by atoms with Gasteiger partial charge in [-0.15, -0.1) is 9.24 Å². The van der Waals surface area contributed by atoms with E-state index in [1.807, 2.05) is 7.11 Å². The van der Waals surface area contributed by atoms with Crippen molar-refractivity contribution in [1.29, 1.82) is 0 Å². The predicted octanol–water partition coefficient (Wildman–Crippen LogP) is 0.0193. The molecule has 5 heavy (non-hydrogen) atoms. The zero-order valence-electron chi connectivity index (χ0n) is 3.44. The summed E-state index contributed by atoms with van der Waals surface area (Å²) in [6.07, 6.45) is 1.09. The van der Waals surface area contributed by atoms with E-state index in [1.54, 1.807) is 0 Å². The van der Waals surface area contributed by atoms with E-state index >= 15 is 0 Å². The van der Waals surface area contributed by atoms with Crippen molar-refractivity contribution in [3.8, 4) is 0 Å². The summed E-state index contributed by atoms with van der Waals surface area (Å²) in [5.41, 5.74) is 0. The van der Waals surface area contributed by atoms with E-state index in [0.717, 1.165) is 12.8 Å². The number of rotatable bonds is 2. The molecule has 0 amide bonds. The molecular weight excluding hydrogens is 83.0 g/mol. The molecule has 0 fully saturated rings. The lowest BCUT2D eigenvalue weighted by Crippen LogP contribution is -1.91. The third kappa shape index (κ3) is 4.39. The summed E-state index contributed by atoms with van der Waals surface area (Å²) in [6, 6.07) is 0. The predicted molar refractivity (Wildman–Crippen MR) is 27.6 cm³/mol. The Morgan fingerprint density at radius 3 is 2.40 bits per heavy atom. The minimum atomic E-state index is 0.977. The van der Waals surface area contributed by atoms with Crippen LogP contribution in [-0.4, -0.2) is 24.6 Å².